The highest BCUT2D eigenvalue weighted by molar-refractivity contribution is 6.31. The molecule has 0 heterocycles. The summed E-state index contributed by atoms with van der Waals surface area (Å²) >= 11 is 11.6. The van der Waals surface area contributed by atoms with Crippen LogP contribution in [0.1, 0.15) is 11.1 Å². The fourth-order valence-electron chi connectivity index (χ4n) is 0.996. The van der Waals surface area contributed by atoms with E-state index >= 15 is 0 Å². The molecular formula is C9H10Cl2O. The van der Waals surface area contributed by atoms with Gasteiger partial charge in [0.1, 0.15) is 5.75 Å². The van der Waals surface area contributed by atoms with Crippen molar-refractivity contribution in [1.82, 2.24) is 0 Å². The fraction of sp³-hybridized carbons (Fsp3) is 0.333. The molecule has 0 unspecified atom stereocenters. The average molecular weight is 205 g/mol. The van der Waals surface area contributed by atoms with Gasteiger partial charge in [0.05, 0.1) is 7.11 Å². The highest BCUT2D eigenvalue weighted by Crippen LogP contribution is 2.27. The molecule has 12 heavy (non-hydrogen) atoms. The lowest BCUT2D eigenvalue weighted by Gasteiger charge is -2.07. The van der Waals surface area contributed by atoms with Crippen LogP contribution in [0.2, 0.25) is 5.02 Å². The van der Waals surface area contributed by atoms with Crippen LogP contribution in [0.25, 0.3) is 0 Å². The average Bonchev–Trinajstić information content (AvgIpc) is 2.09. The van der Waals surface area contributed by atoms with E-state index in [4.69, 9.17) is 27.9 Å². The second-order valence-electron chi connectivity index (χ2n) is 2.54. The molecule has 1 aromatic rings. The second-order valence-corrected chi connectivity index (χ2v) is 3.21. The number of benzene rings is 1. The van der Waals surface area contributed by atoms with Crippen molar-refractivity contribution in [3.8, 4) is 5.75 Å². The van der Waals surface area contributed by atoms with Gasteiger partial charge in [-0.2, -0.15) is 0 Å². The molecule has 0 fully saturated rings. The largest absolute Gasteiger partial charge is 0.496 e. The predicted octanol–water partition coefficient (Wildman–Crippen LogP) is 3.40. The Labute approximate surface area is 82.2 Å². The summed E-state index contributed by atoms with van der Waals surface area (Å²) in [5.41, 5.74) is 1.93. The van der Waals surface area contributed by atoms with Crippen LogP contribution in [0.4, 0.5) is 0 Å². The summed E-state index contributed by atoms with van der Waals surface area (Å²) in [5, 5.41) is 0.699. The van der Waals surface area contributed by atoms with Crippen molar-refractivity contribution in [2.45, 2.75) is 12.8 Å². The number of alkyl halides is 1. The summed E-state index contributed by atoms with van der Waals surface area (Å²) in [4.78, 5) is 0. The SMILES string of the molecule is COc1cc(CCl)cc(Cl)c1C. The standard InChI is InChI=1S/C9H10Cl2O/c1-6-8(11)3-7(5-10)4-9(6)12-2/h3-4H,5H2,1-2H3. The van der Waals surface area contributed by atoms with Crippen molar-refractivity contribution in [1.29, 1.82) is 0 Å². The van der Waals surface area contributed by atoms with Crippen LogP contribution in [0.5, 0.6) is 5.75 Å². The number of methoxy groups -OCH3 is 1. The Kier molecular flexibility index (Phi) is 3.24. The van der Waals surface area contributed by atoms with Gasteiger partial charge in [0.15, 0.2) is 0 Å². The van der Waals surface area contributed by atoms with E-state index in [1.54, 1.807) is 7.11 Å². The molecule has 0 saturated carbocycles. The number of hydrogen-bond donors (Lipinski definition) is 0. The van der Waals surface area contributed by atoms with Crippen molar-refractivity contribution in [2.24, 2.45) is 0 Å². The Morgan fingerprint density at radius 3 is 2.58 bits per heavy atom. The lowest BCUT2D eigenvalue weighted by Crippen LogP contribution is -1.90. The summed E-state index contributed by atoms with van der Waals surface area (Å²) in [6.45, 7) is 1.92. The Hall–Kier alpha value is -0.400. The third-order valence-electron chi connectivity index (χ3n) is 1.73. The smallest absolute Gasteiger partial charge is 0.123 e. The van der Waals surface area contributed by atoms with E-state index in [-0.39, 0.29) is 0 Å². The first-order valence-corrected chi connectivity index (χ1v) is 4.49. The molecule has 0 atom stereocenters. The molecule has 66 valence electrons. The van der Waals surface area contributed by atoms with Gasteiger partial charge in [-0.15, -0.1) is 11.6 Å². The normalized spacial score (nSPS) is 10.0. The third-order valence-corrected chi connectivity index (χ3v) is 2.43. The van der Waals surface area contributed by atoms with Crippen LogP contribution in [0.3, 0.4) is 0 Å². The molecule has 1 aromatic carbocycles. The molecule has 0 aliphatic carbocycles. The zero-order valence-electron chi connectivity index (χ0n) is 7.03. The minimum Gasteiger partial charge on any atom is -0.496 e. The van der Waals surface area contributed by atoms with Gasteiger partial charge in [0.2, 0.25) is 0 Å². The Balaban J connectivity index is 3.19. The zero-order chi connectivity index (χ0) is 9.14. The minimum atomic E-state index is 0.455. The lowest BCUT2D eigenvalue weighted by molar-refractivity contribution is 0.411. The molecule has 0 spiro atoms. The van der Waals surface area contributed by atoms with E-state index in [2.05, 4.69) is 0 Å². The lowest BCUT2D eigenvalue weighted by atomic mass is 10.1. The summed E-state index contributed by atoms with van der Waals surface area (Å²) in [6.07, 6.45) is 0. The van der Waals surface area contributed by atoms with E-state index in [0.717, 1.165) is 16.9 Å². The Morgan fingerprint density at radius 2 is 2.08 bits per heavy atom. The first-order valence-electron chi connectivity index (χ1n) is 3.58. The van der Waals surface area contributed by atoms with Gasteiger partial charge in [-0.1, -0.05) is 11.6 Å². The van der Waals surface area contributed by atoms with Crippen LogP contribution < -0.4 is 4.74 Å². The molecule has 1 nitrogen and oxygen atoms in total. The quantitative estimate of drug-likeness (QED) is 0.672. The first-order chi connectivity index (χ1) is 5.69. The van der Waals surface area contributed by atoms with E-state index in [0.29, 0.717) is 10.9 Å². The minimum absolute atomic E-state index is 0.455. The van der Waals surface area contributed by atoms with Gasteiger partial charge in [-0.25, -0.2) is 0 Å². The molecule has 0 aromatic heterocycles. The predicted molar refractivity (Wildman–Crippen MR) is 52.3 cm³/mol. The number of ether oxygens (including phenoxy) is 1. The number of rotatable bonds is 2. The first kappa shape index (κ1) is 9.69. The summed E-state index contributed by atoms with van der Waals surface area (Å²) < 4.78 is 5.13. The van der Waals surface area contributed by atoms with E-state index in [9.17, 15) is 0 Å². The topological polar surface area (TPSA) is 9.23 Å². The monoisotopic (exact) mass is 204 g/mol. The highest BCUT2D eigenvalue weighted by Gasteiger charge is 2.04. The summed E-state index contributed by atoms with van der Waals surface area (Å²) in [7, 11) is 1.62. The van der Waals surface area contributed by atoms with Gasteiger partial charge in [0, 0.05) is 16.5 Å². The van der Waals surface area contributed by atoms with Crippen LogP contribution >= 0.6 is 23.2 Å². The highest BCUT2D eigenvalue weighted by atomic mass is 35.5. The van der Waals surface area contributed by atoms with Gasteiger partial charge < -0.3 is 4.74 Å². The maximum Gasteiger partial charge on any atom is 0.123 e. The van der Waals surface area contributed by atoms with Crippen LogP contribution in [0.15, 0.2) is 12.1 Å². The van der Waals surface area contributed by atoms with E-state index in [1.807, 2.05) is 19.1 Å². The van der Waals surface area contributed by atoms with Crippen molar-refractivity contribution in [3.63, 3.8) is 0 Å². The molecule has 1 rings (SSSR count). The fourth-order valence-corrected chi connectivity index (χ4v) is 1.38. The molecule has 0 aliphatic heterocycles. The molecule has 0 N–H and O–H groups in total. The van der Waals surface area contributed by atoms with Crippen molar-refractivity contribution < 1.29 is 4.74 Å². The third kappa shape index (κ3) is 1.85. The van der Waals surface area contributed by atoms with E-state index in [1.165, 1.54) is 0 Å². The molecule has 0 aliphatic rings. The van der Waals surface area contributed by atoms with Crippen molar-refractivity contribution in [3.05, 3.63) is 28.3 Å². The molecule has 0 saturated heterocycles. The maximum absolute atomic E-state index is 5.94. The maximum atomic E-state index is 5.94. The molecule has 0 amide bonds. The van der Waals surface area contributed by atoms with Crippen molar-refractivity contribution >= 4 is 23.2 Å². The van der Waals surface area contributed by atoms with Crippen LogP contribution in [0, 0.1) is 6.92 Å². The summed E-state index contributed by atoms with van der Waals surface area (Å²) in [6, 6.07) is 3.75. The summed E-state index contributed by atoms with van der Waals surface area (Å²) in [5.74, 6) is 1.24. The Morgan fingerprint density at radius 1 is 1.42 bits per heavy atom. The number of halogens is 2. The molecular weight excluding hydrogens is 195 g/mol. The van der Waals surface area contributed by atoms with Gasteiger partial charge in [-0.05, 0) is 24.6 Å². The van der Waals surface area contributed by atoms with Crippen LogP contribution in [-0.2, 0) is 5.88 Å². The van der Waals surface area contributed by atoms with Crippen LogP contribution in [-0.4, -0.2) is 7.11 Å². The van der Waals surface area contributed by atoms with Gasteiger partial charge in [-0.3, -0.25) is 0 Å². The number of hydrogen-bond acceptors (Lipinski definition) is 1. The Bertz CT molecular complexity index is 284. The molecule has 0 bridgehead atoms. The van der Waals surface area contributed by atoms with E-state index < -0.39 is 0 Å². The molecule has 0 radical (unpaired) electrons. The van der Waals surface area contributed by atoms with Gasteiger partial charge >= 0.3 is 0 Å². The van der Waals surface area contributed by atoms with Gasteiger partial charge in [0.25, 0.3) is 0 Å². The zero-order valence-corrected chi connectivity index (χ0v) is 8.54. The molecule has 3 heteroatoms. The van der Waals surface area contributed by atoms with Crippen molar-refractivity contribution in [2.75, 3.05) is 7.11 Å². The second kappa shape index (κ2) is 4.01.